The summed E-state index contributed by atoms with van der Waals surface area (Å²) in [6.45, 7) is 6.59. The van der Waals surface area contributed by atoms with Gasteiger partial charge in [0.05, 0.1) is 6.04 Å². The van der Waals surface area contributed by atoms with Crippen LogP contribution in [0.1, 0.15) is 45.4 Å². The van der Waals surface area contributed by atoms with Gasteiger partial charge in [-0.05, 0) is 32.4 Å². The molecule has 1 heterocycles. The molecule has 17 heavy (non-hydrogen) atoms. The van der Waals surface area contributed by atoms with Crippen LogP contribution in [0.3, 0.4) is 0 Å². The van der Waals surface area contributed by atoms with Gasteiger partial charge in [0.25, 0.3) is 0 Å². The first-order valence-corrected chi connectivity index (χ1v) is 6.45. The van der Waals surface area contributed by atoms with E-state index in [0.29, 0.717) is 6.04 Å². The molecule has 0 aliphatic heterocycles. The van der Waals surface area contributed by atoms with Crippen LogP contribution in [0.2, 0.25) is 0 Å². The molecule has 2 heteroatoms. The molecule has 1 aromatic heterocycles. The van der Waals surface area contributed by atoms with Gasteiger partial charge in [0.15, 0.2) is 0 Å². The minimum Gasteiger partial charge on any atom is -0.459 e. The lowest BCUT2D eigenvalue weighted by Crippen LogP contribution is -2.28. The van der Waals surface area contributed by atoms with E-state index in [-0.39, 0.29) is 6.04 Å². The molecule has 0 amide bonds. The van der Waals surface area contributed by atoms with Crippen molar-refractivity contribution in [3.8, 4) is 0 Å². The average Bonchev–Trinajstić information content (AvgIpc) is 2.72. The van der Waals surface area contributed by atoms with Gasteiger partial charge in [-0.2, -0.15) is 0 Å². The largest absolute Gasteiger partial charge is 0.459 e. The number of fused-ring (bicyclic) bond motifs is 1. The maximum atomic E-state index is 5.85. The van der Waals surface area contributed by atoms with Crippen molar-refractivity contribution in [1.29, 1.82) is 0 Å². The first kappa shape index (κ1) is 12.2. The molecule has 0 saturated heterocycles. The normalized spacial score (nSPS) is 15.0. The molecule has 92 valence electrons. The van der Waals surface area contributed by atoms with Gasteiger partial charge >= 0.3 is 0 Å². The molecule has 0 radical (unpaired) electrons. The number of rotatable bonds is 5. The highest BCUT2D eigenvalue weighted by Crippen LogP contribution is 2.23. The molecule has 2 atom stereocenters. The van der Waals surface area contributed by atoms with Crippen molar-refractivity contribution in [2.45, 2.75) is 45.7 Å². The van der Waals surface area contributed by atoms with E-state index >= 15 is 0 Å². The fourth-order valence-electron chi connectivity index (χ4n) is 2.24. The highest BCUT2D eigenvalue weighted by atomic mass is 16.3. The van der Waals surface area contributed by atoms with Crippen molar-refractivity contribution in [3.05, 3.63) is 36.1 Å². The van der Waals surface area contributed by atoms with Crippen molar-refractivity contribution in [1.82, 2.24) is 5.32 Å². The number of nitrogens with one attached hydrogen (secondary N) is 1. The van der Waals surface area contributed by atoms with E-state index in [1.807, 2.05) is 18.2 Å². The van der Waals surface area contributed by atoms with Crippen LogP contribution in [0.25, 0.3) is 11.0 Å². The predicted molar refractivity (Wildman–Crippen MR) is 72.1 cm³/mol. The Balaban J connectivity index is 2.10. The van der Waals surface area contributed by atoms with E-state index in [2.05, 4.69) is 38.2 Å². The van der Waals surface area contributed by atoms with Crippen LogP contribution in [0.4, 0.5) is 0 Å². The van der Waals surface area contributed by atoms with Crippen LogP contribution in [0.5, 0.6) is 0 Å². The predicted octanol–water partition coefficient (Wildman–Crippen LogP) is 4.27. The maximum absolute atomic E-state index is 5.85. The Labute approximate surface area is 103 Å². The molecule has 2 unspecified atom stereocenters. The molecule has 0 spiro atoms. The van der Waals surface area contributed by atoms with Crippen LogP contribution in [0.15, 0.2) is 34.7 Å². The lowest BCUT2D eigenvalue weighted by Gasteiger charge is -2.17. The van der Waals surface area contributed by atoms with Gasteiger partial charge in [-0.15, -0.1) is 0 Å². The molecule has 2 aromatic rings. The van der Waals surface area contributed by atoms with E-state index in [9.17, 15) is 0 Å². The number of para-hydroxylation sites is 1. The van der Waals surface area contributed by atoms with Gasteiger partial charge in [-0.1, -0.05) is 31.5 Å². The highest BCUT2D eigenvalue weighted by Gasteiger charge is 2.13. The van der Waals surface area contributed by atoms with Gasteiger partial charge in [-0.3, -0.25) is 0 Å². The summed E-state index contributed by atoms with van der Waals surface area (Å²) in [4.78, 5) is 0. The quantitative estimate of drug-likeness (QED) is 0.831. The monoisotopic (exact) mass is 231 g/mol. The number of hydrogen-bond acceptors (Lipinski definition) is 2. The number of hydrogen-bond donors (Lipinski definition) is 1. The Kier molecular flexibility index (Phi) is 3.85. The molecule has 0 aliphatic rings. The highest BCUT2D eigenvalue weighted by molar-refractivity contribution is 5.77. The van der Waals surface area contributed by atoms with Gasteiger partial charge in [0, 0.05) is 11.4 Å². The summed E-state index contributed by atoms with van der Waals surface area (Å²) in [5, 5.41) is 4.74. The first-order chi connectivity index (χ1) is 8.20. The maximum Gasteiger partial charge on any atom is 0.134 e. The SMILES string of the molecule is CCCC(C)NC(C)c1cc2ccccc2o1. The van der Waals surface area contributed by atoms with Crippen molar-refractivity contribution in [2.75, 3.05) is 0 Å². The van der Waals surface area contributed by atoms with Gasteiger partial charge in [0.1, 0.15) is 11.3 Å². The fourth-order valence-corrected chi connectivity index (χ4v) is 2.24. The topological polar surface area (TPSA) is 25.2 Å². The summed E-state index contributed by atoms with van der Waals surface area (Å²) in [5.74, 6) is 1.02. The summed E-state index contributed by atoms with van der Waals surface area (Å²) < 4.78 is 5.85. The average molecular weight is 231 g/mol. The van der Waals surface area contributed by atoms with Crippen LogP contribution in [-0.2, 0) is 0 Å². The number of furan rings is 1. The second kappa shape index (κ2) is 5.37. The molecular formula is C15H21NO. The van der Waals surface area contributed by atoms with Crippen molar-refractivity contribution in [2.24, 2.45) is 0 Å². The lowest BCUT2D eigenvalue weighted by molar-refractivity contribution is 0.398. The molecule has 0 bridgehead atoms. The summed E-state index contributed by atoms with van der Waals surface area (Å²) in [7, 11) is 0. The van der Waals surface area contributed by atoms with E-state index in [4.69, 9.17) is 4.42 Å². The van der Waals surface area contributed by atoms with E-state index in [1.165, 1.54) is 18.2 Å². The molecule has 1 aromatic carbocycles. The summed E-state index contributed by atoms with van der Waals surface area (Å²) in [6.07, 6.45) is 2.41. The molecule has 2 nitrogen and oxygen atoms in total. The van der Waals surface area contributed by atoms with Crippen LogP contribution in [0, 0.1) is 0 Å². The third kappa shape index (κ3) is 2.89. The van der Waals surface area contributed by atoms with Crippen molar-refractivity contribution < 1.29 is 4.42 Å². The Hall–Kier alpha value is -1.28. The third-order valence-electron chi connectivity index (χ3n) is 3.13. The zero-order valence-corrected chi connectivity index (χ0v) is 10.9. The van der Waals surface area contributed by atoms with Crippen LogP contribution >= 0.6 is 0 Å². The number of benzene rings is 1. The summed E-state index contributed by atoms with van der Waals surface area (Å²) >= 11 is 0. The Morgan fingerprint density at radius 3 is 2.71 bits per heavy atom. The first-order valence-electron chi connectivity index (χ1n) is 6.45. The van der Waals surface area contributed by atoms with Gasteiger partial charge in [0.2, 0.25) is 0 Å². The molecule has 2 rings (SSSR count). The van der Waals surface area contributed by atoms with Gasteiger partial charge < -0.3 is 9.73 Å². The van der Waals surface area contributed by atoms with Gasteiger partial charge in [-0.25, -0.2) is 0 Å². The van der Waals surface area contributed by atoms with Crippen LogP contribution < -0.4 is 5.32 Å². The molecule has 1 N–H and O–H groups in total. The third-order valence-corrected chi connectivity index (χ3v) is 3.13. The standard InChI is InChI=1S/C15H21NO/c1-4-7-11(2)16-12(3)15-10-13-8-5-6-9-14(13)17-15/h5-6,8-12,16H,4,7H2,1-3H3. The van der Waals surface area contributed by atoms with E-state index < -0.39 is 0 Å². The molecular weight excluding hydrogens is 210 g/mol. The Morgan fingerprint density at radius 1 is 1.24 bits per heavy atom. The summed E-state index contributed by atoms with van der Waals surface area (Å²) in [5.41, 5.74) is 0.972. The Bertz CT molecular complexity index is 441. The molecule has 0 aliphatic carbocycles. The molecule has 0 fully saturated rings. The van der Waals surface area contributed by atoms with Crippen molar-refractivity contribution in [3.63, 3.8) is 0 Å². The smallest absolute Gasteiger partial charge is 0.134 e. The van der Waals surface area contributed by atoms with E-state index in [1.54, 1.807) is 0 Å². The Morgan fingerprint density at radius 2 is 2.00 bits per heavy atom. The zero-order chi connectivity index (χ0) is 12.3. The van der Waals surface area contributed by atoms with Crippen molar-refractivity contribution >= 4 is 11.0 Å². The van der Waals surface area contributed by atoms with Crippen LogP contribution in [-0.4, -0.2) is 6.04 Å². The second-order valence-corrected chi connectivity index (χ2v) is 4.76. The van der Waals surface area contributed by atoms with E-state index in [0.717, 1.165) is 11.3 Å². The second-order valence-electron chi connectivity index (χ2n) is 4.76. The minimum absolute atomic E-state index is 0.268. The zero-order valence-electron chi connectivity index (χ0n) is 10.9. The lowest BCUT2D eigenvalue weighted by atomic mass is 10.1. The summed E-state index contributed by atoms with van der Waals surface area (Å²) in [6, 6.07) is 11.1. The fraction of sp³-hybridized carbons (Fsp3) is 0.467. The molecule has 0 saturated carbocycles. The minimum atomic E-state index is 0.268.